The molecule has 0 aliphatic heterocycles. The molecule has 5 nitrogen and oxygen atoms in total. The van der Waals surface area contributed by atoms with Crippen molar-refractivity contribution in [2.75, 3.05) is 19.0 Å². The molecule has 0 aliphatic rings. The van der Waals surface area contributed by atoms with E-state index in [0.717, 1.165) is 17.7 Å². The van der Waals surface area contributed by atoms with Crippen LogP contribution in [0.15, 0.2) is 29.6 Å². The van der Waals surface area contributed by atoms with Crippen molar-refractivity contribution in [2.24, 2.45) is 11.7 Å². The highest BCUT2D eigenvalue weighted by Crippen LogP contribution is 2.25. The molecule has 1 aromatic carbocycles. The Morgan fingerprint density at radius 2 is 2.00 bits per heavy atom. The molecule has 0 aliphatic carbocycles. The van der Waals surface area contributed by atoms with Crippen LogP contribution in [0.25, 0.3) is 11.3 Å². The number of aromatic nitrogens is 1. The number of amides is 1. The number of halogens is 1. The maximum absolute atomic E-state index is 11.8. The van der Waals surface area contributed by atoms with Crippen LogP contribution in [0.2, 0.25) is 0 Å². The molecule has 0 saturated carbocycles. The van der Waals surface area contributed by atoms with Crippen LogP contribution in [0.1, 0.15) is 19.4 Å². The van der Waals surface area contributed by atoms with Gasteiger partial charge in [-0.2, -0.15) is 0 Å². The van der Waals surface area contributed by atoms with Crippen molar-refractivity contribution in [2.45, 2.75) is 26.3 Å². The third kappa shape index (κ3) is 5.87. The lowest BCUT2D eigenvalue weighted by Crippen LogP contribution is -2.39. The van der Waals surface area contributed by atoms with Crippen LogP contribution in [-0.2, 0) is 16.0 Å². The Hall–Kier alpha value is -1.47. The summed E-state index contributed by atoms with van der Waals surface area (Å²) in [6.45, 7) is 4.59. The zero-order chi connectivity index (χ0) is 16.8. The molecule has 7 heteroatoms. The quantitative estimate of drug-likeness (QED) is 0.784. The van der Waals surface area contributed by atoms with Gasteiger partial charge >= 0.3 is 0 Å². The first kappa shape index (κ1) is 20.6. The van der Waals surface area contributed by atoms with Gasteiger partial charge in [0.15, 0.2) is 5.13 Å². The molecule has 0 fully saturated rings. The predicted molar refractivity (Wildman–Crippen MR) is 102 cm³/mol. The number of nitrogens with two attached hydrogens (primary N) is 1. The summed E-state index contributed by atoms with van der Waals surface area (Å²) in [5.74, 6) is 0.346. The molecule has 1 aromatic heterocycles. The Kier molecular flexibility index (Phi) is 8.35. The van der Waals surface area contributed by atoms with E-state index in [0.29, 0.717) is 11.0 Å². The summed E-state index contributed by atoms with van der Waals surface area (Å²) >= 11 is 1.38. The summed E-state index contributed by atoms with van der Waals surface area (Å²) in [5, 5.41) is 5.19. The van der Waals surface area contributed by atoms with Crippen LogP contribution >= 0.6 is 23.7 Å². The number of anilines is 1. The van der Waals surface area contributed by atoms with Crippen LogP contribution in [-0.4, -0.2) is 30.6 Å². The molecule has 3 N–H and O–H groups in total. The van der Waals surface area contributed by atoms with Crippen molar-refractivity contribution < 1.29 is 9.53 Å². The van der Waals surface area contributed by atoms with E-state index in [1.807, 2.05) is 5.38 Å². The maximum atomic E-state index is 11.8. The lowest BCUT2D eigenvalue weighted by Gasteiger charge is -2.08. The molecule has 132 valence electrons. The second-order valence-corrected chi connectivity index (χ2v) is 6.74. The molecule has 0 radical (unpaired) electrons. The molecule has 1 atom stereocenters. The molecule has 24 heavy (non-hydrogen) atoms. The number of nitrogens with one attached hydrogen (secondary N) is 1. The SMILES string of the molecule is COCC(N)C(=O)Nc1nc(-c2ccc(CC(C)C)cc2)cs1.Cl. The largest absolute Gasteiger partial charge is 0.383 e. The smallest absolute Gasteiger partial charge is 0.245 e. The number of thiazole rings is 1. The first-order chi connectivity index (χ1) is 11.0. The van der Waals surface area contributed by atoms with Crippen molar-refractivity contribution in [1.29, 1.82) is 0 Å². The number of benzene rings is 1. The van der Waals surface area contributed by atoms with Gasteiger partial charge in [-0.3, -0.25) is 4.79 Å². The van der Waals surface area contributed by atoms with Crippen molar-refractivity contribution >= 4 is 34.8 Å². The number of carbonyl (C=O) groups is 1. The summed E-state index contributed by atoms with van der Waals surface area (Å²) in [4.78, 5) is 16.3. The Bertz CT molecular complexity index is 644. The molecule has 2 rings (SSSR count). The minimum absolute atomic E-state index is 0. The van der Waals surface area contributed by atoms with Crippen molar-refractivity contribution in [1.82, 2.24) is 4.98 Å². The monoisotopic (exact) mass is 369 g/mol. The van der Waals surface area contributed by atoms with Gasteiger partial charge < -0.3 is 15.8 Å². The number of hydrogen-bond acceptors (Lipinski definition) is 5. The lowest BCUT2D eigenvalue weighted by molar-refractivity contribution is -0.118. The first-order valence-corrected chi connectivity index (χ1v) is 8.47. The molecular weight excluding hydrogens is 346 g/mol. The lowest BCUT2D eigenvalue weighted by atomic mass is 10.0. The fraction of sp³-hybridized carbons (Fsp3) is 0.412. The molecule has 2 aromatic rings. The molecule has 0 spiro atoms. The summed E-state index contributed by atoms with van der Waals surface area (Å²) in [7, 11) is 1.51. The van der Waals surface area contributed by atoms with E-state index in [1.54, 1.807) is 0 Å². The molecule has 1 unspecified atom stereocenters. The highest BCUT2D eigenvalue weighted by atomic mass is 35.5. The fourth-order valence-corrected chi connectivity index (χ4v) is 2.92. The number of ether oxygens (including phenoxy) is 1. The topological polar surface area (TPSA) is 77.2 Å². The van der Waals surface area contributed by atoms with Gasteiger partial charge in [0.2, 0.25) is 5.91 Å². The van der Waals surface area contributed by atoms with E-state index in [9.17, 15) is 4.79 Å². The van der Waals surface area contributed by atoms with E-state index < -0.39 is 6.04 Å². The van der Waals surface area contributed by atoms with Gasteiger partial charge in [0.25, 0.3) is 0 Å². The zero-order valence-electron chi connectivity index (χ0n) is 14.1. The summed E-state index contributed by atoms with van der Waals surface area (Å²) in [5.41, 5.74) is 8.89. The van der Waals surface area contributed by atoms with Gasteiger partial charge in [-0.1, -0.05) is 38.1 Å². The molecule has 1 amide bonds. The van der Waals surface area contributed by atoms with E-state index >= 15 is 0 Å². The van der Waals surface area contributed by atoms with Crippen molar-refractivity contribution in [3.8, 4) is 11.3 Å². The van der Waals surface area contributed by atoms with Crippen LogP contribution in [0, 0.1) is 5.92 Å². The molecule has 0 saturated heterocycles. The van der Waals surface area contributed by atoms with Gasteiger partial charge in [-0.15, -0.1) is 23.7 Å². The van der Waals surface area contributed by atoms with Gasteiger partial charge in [0.05, 0.1) is 12.3 Å². The average molecular weight is 370 g/mol. The normalized spacial score (nSPS) is 11.9. The number of rotatable bonds is 7. The van der Waals surface area contributed by atoms with E-state index in [2.05, 4.69) is 48.4 Å². The summed E-state index contributed by atoms with van der Waals surface area (Å²) in [6.07, 6.45) is 1.07. The van der Waals surface area contributed by atoms with Gasteiger partial charge in [0, 0.05) is 18.1 Å². The van der Waals surface area contributed by atoms with E-state index in [-0.39, 0.29) is 24.9 Å². The summed E-state index contributed by atoms with van der Waals surface area (Å²) < 4.78 is 4.87. The molecular formula is C17H24ClN3O2S. The Morgan fingerprint density at radius 1 is 1.33 bits per heavy atom. The van der Waals surface area contributed by atoms with Crippen LogP contribution in [0.5, 0.6) is 0 Å². The third-order valence-corrected chi connectivity index (χ3v) is 4.07. The second-order valence-electron chi connectivity index (χ2n) is 5.88. The Balaban J connectivity index is 0.00000288. The van der Waals surface area contributed by atoms with Crippen LogP contribution < -0.4 is 11.1 Å². The van der Waals surface area contributed by atoms with Crippen molar-refractivity contribution in [3.63, 3.8) is 0 Å². The highest BCUT2D eigenvalue weighted by molar-refractivity contribution is 7.14. The number of hydrogen-bond donors (Lipinski definition) is 2. The fourth-order valence-electron chi connectivity index (χ4n) is 2.20. The minimum Gasteiger partial charge on any atom is -0.383 e. The average Bonchev–Trinajstić information content (AvgIpc) is 2.96. The van der Waals surface area contributed by atoms with E-state index in [4.69, 9.17) is 10.5 Å². The molecule has 1 heterocycles. The maximum Gasteiger partial charge on any atom is 0.245 e. The zero-order valence-corrected chi connectivity index (χ0v) is 15.7. The number of nitrogens with zero attached hydrogens (tertiary/aromatic N) is 1. The Morgan fingerprint density at radius 3 is 2.58 bits per heavy atom. The van der Waals surface area contributed by atoms with Crippen molar-refractivity contribution in [3.05, 3.63) is 35.2 Å². The van der Waals surface area contributed by atoms with Crippen LogP contribution in [0.4, 0.5) is 5.13 Å². The van der Waals surface area contributed by atoms with Crippen LogP contribution in [0.3, 0.4) is 0 Å². The standard InChI is InChI=1S/C17H23N3O2S.ClH/c1-11(2)8-12-4-6-13(7-5-12)15-10-23-17(19-15)20-16(21)14(18)9-22-3;/h4-7,10-11,14H,8-9,18H2,1-3H3,(H,19,20,21);1H. The minimum atomic E-state index is -0.692. The number of carbonyl (C=O) groups excluding carboxylic acids is 1. The number of methoxy groups -OCH3 is 1. The summed E-state index contributed by atoms with van der Waals surface area (Å²) in [6, 6.07) is 7.69. The molecule has 0 bridgehead atoms. The highest BCUT2D eigenvalue weighted by Gasteiger charge is 2.15. The Labute approximate surface area is 153 Å². The third-order valence-electron chi connectivity index (χ3n) is 3.31. The predicted octanol–water partition coefficient (Wildman–Crippen LogP) is 3.34. The van der Waals surface area contributed by atoms with Gasteiger partial charge in [-0.25, -0.2) is 4.98 Å². The van der Waals surface area contributed by atoms with Gasteiger partial charge in [-0.05, 0) is 17.9 Å². The second kappa shape index (κ2) is 9.74. The van der Waals surface area contributed by atoms with E-state index in [1.165, 1.54) is 24.0 Å². The first-order valence-electron chi connectivity index (χ1n) is 7.59. The van der Waals surface area contributed by atoms with Gasteiger partial charge in [0.1, 0.15) is 6.04 Å².